The minimum atomic E-state index is 0.824. The van der Waals surface area contributed by atoms with Gasteiger partial charge in [0.1, 0.15) is 5.82 Å². The molecule has 0 amide bonds. The third kappa shape index (κ3) is 1.60. The van der Waals surface area contributed by atoms with E-state index in [9.17, 15) is 0 Å². The first-order chi connectivity index (χ1) is 7.86. The van der Waals surface area contributed by atoms with Gasteiger partial charge in [-0.2, -0.15) is 0 Å². The highest BCUT2D eigenvalue weighted by atomic mass is 16.5. The predicted octanol–water partition coefficient (Wildman–Crippen LogP) is -0.195. The van der Waals surface area contributed by atoms with Crippen LogP contribution in [-0.2, 0) is 17.7 Å². The second-order valence-corrected chi connectivity index (χ2v) is 4.36. The van der Waals surface area contributed by atoms with Crippen LogP contribution in [0.5, 0.6) is 0 Å². The van der Waals surface area contributed by atoms with Gasteiger partial charge in [-0.3, -0.25) is 0 Å². The van der Waals surface area contributed by atoms with Crippen molar-refractivity contribution >= 4 is 0 Å². The van der Waals surface area contributed by atoms with Crippen molar-refractivity contribution in [3.63, 3.8) is 0 Å². The molecule has 16 heavy (non-hydrogen) atoms. The lowest BCUT2D eigenvalue weighted by Crippen LogP contribution is -2.45. The van der Waals surface area contributed by atoms with Crippen LogP contribution in [0.3, 0.4) is 0 Å². The molecule has 0 spiro atoms. The Labute approximate surface area is 95.4 Å². The first-order valence-electron chi connectivity index (χ1n) is 5.97. The van der Waals surface area contributed by atoms with Crippen molar-refractivity contribution < 1.29 is 4.74 Å². The summed E-state index contributed by atoms with van der Waals surface area (Å²) in [7, 11) is 0. The standard InChI is InChI=1S/C11H18N4O/c1-9-13-10-8-12-3-2-11(10)15(9)14-4-6-16-7-5-14/h12H,2-8H2,1H3. The molecule has 0 aromatic carbocycles. The number of rotatable bonds is 1. The van der Waals surface area contributed by atoms with Crippen LogP contribution in [-0.4, -0.2) is 42.5 Å². The van der Waals surface area contributed by atoms with Crippen LogP contribution in [0.15, 0.2) is 0 Å². The Kier molecular flexibility index (Phi) is 2.57. The monoisotopic (exact) mass is 222 g/mol. The van der Waals surface area contributed by atoms with Crippen LogP contribution in [0.2, 0.25) is 0 Å². The fraction of sp³-hybridized carbons (Fsp3) is 0.727. The molecule has 1 aromatic rings. The average Bonchev–Trinajstić information content (AvgIpc) is 2.66. The number of aryl methyl sites for hydroxylation is 1. The molecule has 1 N–H and O–H groups in total. The highest BCUT2D eigenvalue weighted by Gasteiger charge is 2.22. The van der Waals surface area contributed by atoms with Crippen LogP contribution in [0.25, 0.3) is 0 Å². The van der Waals surface area contributed by atoms with Crippen molar-refractivity contribution in [3.8, 4) is 0 Å². The van der Waals surface area contributed by atoms with Crippen LogP contribution < -0.4 is 10.3 Å². The molecule has 0 unspecified atom stereocenters. The number of nitrogens with one attached hydrogen (secondary N) is 1. The van der Waals surface area contributed by atoms with Gasteiger partial charge in [0.2, 0.25) is 0 Å². The Morgan fingerprint density at radius 3 is 2.94 bits per heavy atom. The smallest absolute Gasteiger partial charge is 0.125 e. The first kappa shape index (κ1) is 10.1. The molecule has 3 heterocycles. The Hall–Kier alpha value is -1.07. The fourth-order valence-corrected chi connectivity index (χ4v) is 2.56. The van der Waals surface area contributed by atoms with E-state index in [4.69, 9.17) is 4.74 Å². The van der Waals surface area contributed by atoms with Crippen molar-refractivity contribution in [1.82, 2.24) is 15.0 Å². The van der Waals surface area contributed by atoms with Gasteiger partial charge in [0.15, 0.2) is 0 Å². The number of aromatic nitrogens is 2. The van der Waals surface area contributed by atoms with E-state index in [2.05, 4.69) is 26.9 Å². The summed E-state index contributed by atoms with van der Waals surface area (Å²) >= 11 is 0. The van der Waals surface area contributed by atoms with Gasteiger partial charge in [-0.05, 0) is 6.92 Å². The van der Waals surface area contributed by atoms with Crippen molar-refractivity contribution in [2.75, 3.05) is 37.9 Å². The second-order valence-electron chi connectivity index (χ2n) is 4.36. The number of hydrogen-bond donors (Lipinski definition) is 1. The summed E-state index contributed by atoms with van der Waals surface area (Å²) in [6.07, 6.45) is 1.08. The number of morpholine rings is 1. The summed E-state index contributed by atoms with van der Waals surface area (Å²) in [6, 6.07) is 0. The quantitative estimate of drug-likeness (QED) is 0.715. The summed E-state index contributed by atoms with van der Waals surface area (Å²) in [4.78, 5) is 4.64. The summed E-state index contributed by atoms with van der Waals surface area (Å²) < 4.78 is 7.70. The molecule has 0 aliphatic carbocycles. The lowest BCUT2D eigenvalue weighted by atomic mass is 10.2. The van der Waals surface area contributed by atoms with Gasteiger partial charge in [-0.25, -0.2) is 9.66 Å². The first-order valence-corrected chi connectivity index (χ1v) is 5.97. The number of fused-ring (bicyclic) bond motifs is 1. The molecular formula is C11H18N4O. The van der Waals surface area contributed by atoms with Gasteiger partial charge in [-0.1, -0.05) is 0 Å². The molecule has 2 aliphatic rings. The summed E-state index contributed by atoms with van der Waals surface area (Å²) in [5.41, 5.74) is 2.60. The molecule has 0 radical (unpaired) electrons. The van der Waals surface area contributed by atoms with E-state index < -0.39 is 0 Å². The SMILES string of the molecule is Cc1nc2c(n1N1CCOCC1)CCNC2. The maximum absolute atomic E-state index is 5.39. The van der Waals surface area contributed by atoms with E-state index in [-0.39, 0.29) is 0 Å². The number of imidazole rings is 1. The topological polar surface area (TPSA) is 42.3 Å². The van der Waals surface area contributed by atoms with Crippen LogP contribution in [0, 0.1) is 6.92 Å². The number of ether oxygens (including phenoxy) is 1. The van der Waals surface area contributed by atoms with Gasteiger partial charge in [0.05, 0.1) is 37.7 Å². The van der Waals surface area contributed by atoms with E-state index >= 15 is 0 Å². The molecule has 88 valence electrons. The fourth-order valence-electron chi connectivity index (χ4n) is 2.56. The zero-order valence-electron chi connectivity index (χ0n) is 9.70. The van der Waals surface area contributed by atoms with Gasteiger partial charge in [0, 0.05) is 19.5 Å². The summed E-state index contributed by atoms with van der Waals surface area (Å²) in [5.74, 6) is 1.11. The van der Waals surface area contributed by atoms with Gasteiger partial charge < -0.3 is 15.1 Å². The van der Waals surface area contributed by atoms with Gasteiger partial charge in [-0.15, -0.1) is 0 Å². The normalized spacial score (nSPS) is 20.9. The van der Waals surface area contributed by atoms with E-state index in [0.29, 0.717) is 0 Å². The van der Waals surface area contributed by atoms with Gasteiger partial charge >= 0.3 is 0 Å². The molecule has 0 atom stereocenters. The van der Waals surface area contributed by atoms with Gasteiger partial charge in [0.25, 0.3) is 0 Å². The van der Waals surface area contributed by atoms with Crippen LogP contribution in [0.4, 0.5) is 0 Å². The predicted molar refractivity (Wildman–Crippen MR) is 61.1 cm³/mol. The molecule has 5 nitrogen and oxygen atoms in total. The van der Waals surface area contributed by atoms with Crippen molar-refractivity contribution in [2.45, 2.75) is 19.9 Å². The molecule has 1 fully saturated rings. The molecule has 0 saturated carbocycles. The lowest BCUT2D eigenvalue weighted by molar-refractivity contribution is 0.110. The summed E-state index contributed by atoms with van der Waals surface area (Å²) in [5, 5.41) is 5.72. The largest absolute Gasteiger partial charge is 0.378 e. The Bertz CT molecular complexity index is 382. The third-order valence-electron chi connectivity index (χ3n) is 3.29. The Morgan fingerprint density at radius 1 is 1.31 bits per heavy atom. The molecule has 1 aromatic heterocycles. The lowest BCUT2D eigenvalue weighted by Gasteiger charge is -2.32. The minimum Gasteiger partial charge on any atom is -0.378 e. The van der Waals surface area contributed by atoms with Crippen molar-refractivity contribution in [2.24, 2.45) is 0 Å². The average molecular weight is 222 g/mol. The number of nitrogens with zero attached hydrogens (tertiary/aromatic N) is 3. The molecular weight excluding hydrogens is 204 g/mol. The third-order valence-corrected chi connectivity index (χ3v) is 3.29. The van der Waals surface area contributed by atoms with Crippen molar-refractivity contribution in [1.29, 1.82) is 0 Å². The highest BCUT2D eigenvalue weighted by Crippen LogP contribution is 2.16. The highest BCUT2D eigenvalue weighted by molar-refractivity contribution is 5.22. The Balaban J connectivity index is 1.95. The van der Waals surface area contributed by atoms with Crippen LogP contribution >= 0.6 is 0 Å². The van der Waals surface area contributed by atoms with Crippen molar-refractivity contribution in [3.05, 3.63) is 17.2 Å². The molecule has 0 bridgehead atoms. The maximum Gasteiger partial charge on any atom is 0.125 e. The maximum atomic E-state index is 5.39. The van der Waals surface area contributed by atoms with E-state index in [1.165, 1.54) is 11.4 Å². The Morgan fingerprint density at radius 2 is 2.12 bits per heavy atom. The van der Waals surface area contributed by atoms with E-state index in [1.54, 1.807) is 0 Å². The zero-order chi connectivity index (χ0) is 11.0. The van der Waals surface area contributed by atoms with E-state index in [1.807, 2.05) is 0 Å². The summed E-state index contributed by atoms with van der Waals surface area (Å²) in [6.45, 7) is 7.65. The van der Waals surface area contributed by atoms with Crippen LogP contribution in [0.1, 0.15) is 17.2 Å². The molecule has 5 heteroatoms. The van der Waals surface area contributed by atoms with E-state index in [0.717, 1.165) is 51.6 Å². The molecule has 1 saturated heterocycles. The molecule has 2 aliphatic heterocycles. The zero-order valence-corrected chi connectivity index (χ0v) is 9.70. The minimum absolute atomic E-state index is 0.824. The molecule has 3 rings (SSSR count). The number of hydrogen-bond acceptors (Lipinski definition) is 4. The second kappa shape index (κ2) is 4.07.